The van der Waals surface area contributed by atoms with Gasteiger partial charge < -0.3 is 10.2 Å². The van der Waals surface area contributed by atoms with E-state index in [1.165, 1.54) is 36.1 Å². The van der Waals surface area contributed by atoms with E-state index < -0.39 is 0 Å². The summed E-state index contributed by atoms with van der Waals surface area (Å²) >= 11 is 0. The van der Waals surface area contributed by atoms with Gasteiger partial charge in [-0.15, -0.1) is 6.58 Å². The van der Waals surface area contributed by atoms with Crippen LogP contribution in [0.15, 0.2) is 122 Å². The molecule has 0 aromatic heterocycles. The molecule has 3 rings (SSSR count). The summed E-state index contributed by atoms with van der Waals surface area (Å²) in [6, 6.07) is 22.0. The third kappa shape index (κ3) is 8.97. The van der Waals surface area contributed by atoms with Crippen molar-refractivity contribution in [3.63, 3.8) is 0 Å². The average molecular weight is 495 g/mol. The molecule has 2 heteroatoms. The molecule has 0 saturated carbocycles. The third-order valence-corrected chi connectivity index (χ3v) is 7.64. The first kappa shape index (κ1) is 28.3. The topological polar surface area (TPSA) is 15.3 Å². The summed E-state index contributed by atoms with van der Waals surface area (Å²) in [5.74, 6) is 1.08. The summed E-state index contributed by atoms with van der Waals surface area (Å²) < 4.78 is 0. The molecule has 0 spiro atoms. The number of nitrogens with zero attached hydrogens (tertiary/aromatic N) is 1. The molecule has 2 aromatic carbocycles. The maximum Gasteiger partial charge on any atom is 0.0336 e. The zero-order chi connectivity index (χ0) is 26.5. The largest absolute Gasteiger partial charge is 0.382 e. The van der Waals surface area contributed by atoms with E-state index in [9.17, 15) is 0 Å². The quantitative estimate of drug-likeness (QED) is 0.221. The Morgan fingerprint density at radius 2 is 1.70 bits per heavy atom. The molecule has 0 amide bonds. The van der Waals surface area contributed by atoms with Crippen molar-refractivity contribution in [2.75, 3.05) is 13.1 Å². The highest BCUT2D eigenvalue weighted by Crippen LogP contribution is 2.29. The minimum atomic E-state index is 0.339. The van der Waals surface area contributed by atoms with Crippen LogP contribution in [0.1, 0.15) is 63.0 Å². The lowest BCUT2D eigenvalue weighted by Gasteiger charge is -2.25. The van der Waals surface area contributed by atoms with Gasteiger partial charge in [0.2, 0.25) is 0 Å². The van der Waals surface area contributed by atoms with Crippen LogP contribution in [0.25, 0.3) is 0 Å². The number of likely N-dealkylation sites (tertiary alicyclic amines) is 1. The first-order valence-electron chi connectivity index (χ1n) is 14.0. The monoisotopic (exact) mass is 494 g/mol. The Labute approximate surface area is 226 Å². The minimum absolute atomic E-state index is 0.339. The molecule has 1 fully saturated rings. The molecule has 3 unspecified atom stereocenters. The van der Waals surface area contributed by atoms with Gasteiger partial charge in [-0.1, -0.05) is 99.0 Å². The van der Waals surface area contributed by atoms with Gasteiger partial charge in [0.05, 0.1) is 0 Å². The SMILES string of the molecule is C=CC(Cc1ccccc1)CC(CC)NC(=C)C(=C)/C=C\C(=C/C)N1CCCC(c2ccccc2)CC1. The van der Waals surface area contributed by atoms with Crippen LogP contribution in [0.3, 0.4) is 0 Å². The first-order chi connectivity index (χ1) is 18.0. The fourth-order valence-corrected chi connectivity index (χ4v) is 5.30. The Morgan fingerprint density at radius 1 is 1.00 bits per heavy atom. The lowest BCUT2D eigenvalue weighted by Crippen LogP contribution is -2.30. The maximum atomic E-state index is 4.32. The number of benzene rings is 2. The van der Waals surface area contributed by atoms with Crippen LogP contribution >= 0.6 is 0 Å². The third-order valence-electron chi connectivity index (χ3n) is 7.64. The number of hydrogen-bond donors (Lipinski definition) is 1. The molecule has 37 heavy (non-hydrogen) atoms. The second-order valence-corrected chi connectivity index (χ2v) is 10.2. The van der Waals surface area contributed by atoms with E-state index in [0.29, 0.717) is 17.9 Å². The van der Waals surface area contributed by atoms with E-state index >= 15 is 0 Å². The van der Waals surface area contributed by atoms with E-state index in [1.807, 2.05) is 0 Å². The number of hydrogen-bond acceptors (Lipinski definition) is 2. The highest BCUT2D eigenvalue weighted by atomic mass is 15.1. The van der Waals surface area contributed by atoms with Gasteiger partial charge in [0, 0.05) is 30.5 Å². The zero-order valence-electron chi connectivity index (χ0n) is 23.0. The molecule has 1 heterocycles. The van der Waals surface area contributed by atoms with Crippen molar-refractivity contribution in [2.45, 2.75) is 64.3 Å². The smallest absolute Gasteiger partial charge is 0.0336 e. The molecule has 2 nitrogen and oxygen atoms in total. The summed E-state index contributed by atoms with van der Waals surface area (Å²) in [4.78, 5) is 2.52. The van der Waals surface area contributed by atoms with Gasteiger partial charge >= 0.3 is 0 Å². The van der Waals surface area contributed by atoms with Gasteiger partial charge in [-0.25, -0.2) is 0 Å². The van der Waals surface area contributed by atoms with Crippen molar-refractivity contribution in [3.8, 4) is 0 Å². The van der Waals surface area contributed by atoms with Crippen molar-refractivity contribution >= 4 is 0 Å². The van der Waals surface area contributed by atoms with Crippen LogP contribution in [-0.2, 0) is 6.42 Å². The van der Waals surface area contributed by atoms with Crippen LogP contribution in [0, 0.1) is 5.92 Å². The van der Waals surface area contributed by atoms with Gasteiger partial charge in [-0.3, -0.25) is 0 Å². The summed E-state index contributed by atoms with van der Waals surface area (Å²) in [5, 5.41) is 3.65. The van der Waals surface area contributed by atoms with E-state index in [-0.39, 0.29) is 0 Å². The highest BCUT2D eigenvalue weighted by molar-refractivity contribution is 5.37. The van der Waals surface area contributed by atoms with Crippen LogP contribution in [0.5, 0.6) is 0 Å². The van der Waals surface area contributed by atoms with Gasteiger partial charge in [0.1, 0.15) is 0 Å². The fraction of sp³-hybridized carbons (Fsp3) is 0.371. The molecule has 1 saturated heterocycles. The number of nitrogens with one attached hydrogen (secondary N) is 1. The van der Waals surface area contributed by atoms with Crippen LogP contribution < -0.4 is 5.32 Å². The Balaban J connectivity index is 1.52. The molecular weight excluding hydrogens is 448 g/mol. The average Bonchev–Trinajstić information content (AvgIpc) is 3.20. The van der Waals surface area contributed by atoms with Crippen molar-refractivity contribution < 1.29 is 0 Å². The molecule has 1 N–H and O–H groups in total. The normalized spacial score (nSPS) is 18.2. The highest BCUT2D eigenvalue weighted by Gasteiger charge is 2.19. The lowest BCUT2D eigenvalue weighted by atomic mass is 9.91. The number of rotatable bonds is 13. The predicted octanol–water partition coefficient (Wildman–Crippen LogP) is 8.59. The molecule has 0 bridgehead atoms. The van der Waals surface area contributed by atoms with E-state index in [2.05, 4.69) is 129 Å². The molecule has 2 aromatic rings. The molecule has 1 aliphatic rings. The van der Waals surface area contributed by atoms with Crippen LogP contribution in [0.2, 0.25) is 0 Å². The van der Waals surface area contributed by atoms with Crippen molar-refractivity contribution in [1.29, 1.82) is 0 Å². The zero-order valence-corrected chi connectivity index (χ0v) is 23.0. The molecule has 0 radical (unpaired) electrons. The molecular formula is C35H46N2. The van der Waals surface area contributed by atoms with E-state index in [1.54, 1.807) is 0 Å². The van der Waals surface area contributed by atoms with Gasteiger partial charge in [0.15, 0.2) is 0 Å². The predicted molar refractivity (Wildman–Crippen MR) is 161 cm³/mol. The summed E-state index contributed by atoms with van der Waals surface area (Å²) in [6.07, 6.45) is 15.4. The van der Waals surface area contributed by atoms with Crippen molar-refractivity contribution in [3.05, 3.63) is 133 Å². The van der Waals surface area contributed by atoms with Gasteiger partial charge in [-0.2, -0.15) is 0 Å². The lowest BCUT2D eigenvalue weighted by molar-refractivity contribution is 0.366. The Morgan fingerprint density at radius 3 is 2.35 bits per heavy atom. The first-order valence-corrected chi connectivity index (χ1v) is 14.0. The molecule has 196 valence electrons. The standard InChI is InChI=1S/C35H46N2/c1-6-30(26-31-16-11-9-12-17-31)27-34(7-2)36-29(5)28(4)21-22-35(8-3)37-24-15-20-33(23-25-37)32-18-13-10-14-19-32/h6,8-14,16-19,21-22,30,33-34,36H,1,4-5,7,15,20,23-27H2,2-3H3/b22-21-,35-8+. The second-order valence-electron chi connectivity index (χ2n) is 10.2. The Bertz CT molecular complexity index is 1050. The number of allylic oxidation sites excluding steroid dienone is 4. The molecule has 3 atom stereocenters. The molecule has 0 aliphatic carbocycles. The van der Waals surface area contributed by atoms with Gasteiger partial charge in [-0.05, 0) is 80.1 Å². The second kappa shape index (κ2) is 15.1. The van der Waals surface area contributed by atoms with Crippen molar-refractivity contribution in [2.24, 2.45) is 5.92 Å². The minimum Gasteiger partial charge on any atom is -0.382 e. The van der Waals surface area contributed by atoms with E-state index in [4.69, 9.17) is 0 Å². The Kier molecular flexibility index (Phi) is 11.6. The van der Waals surface area contributed by atoms with Crippen molar-refractivity contribution in [1.82, 2.24) is 10.2 Å². The summed E-state index contributed by atoms with van der Waals surface area (Å²) in [5.41, 5.74) is 5.94. The summed E-state index contributed by atoms with van der Waals surface area (Å²) in [6.45, 7) is 19.3. The van der Waals surface area contributed by atoms with Gasteiger partial charge in [0.25, 0.3) is 0 Å². The summed E-state index contributed by atoms with van der Waals surface area (Å²) in [7, 11) is 0. The van der Waals surface area contributed by atoms with E-state index in [0.717, 1.165) is 43.6 Å². The maximum absolute atomic E-state index is 4.32. The fourth-order valence-electron chi connectivity index (χ4n) is 5.30. The van der Waals surface area contributed by atoms with Crippen LogP contribution in [-0.4, -0.2) is 24.0 Å². The van der Waals surface area contributed by atoms with Crippen LogP contribution in [0.4, 0.5) is 0 Å². The Hall–Kier alpha value is -3.26. The molecule has 1 aliphatic heterocycles.